The Kier molecular flexibility index (Phi) is 64.1. The van der Waals surface area contributed by atoms with Gasteiger partial charge in [-0.15, -0.1) is 0 Å². The number of carbonyl (C=O) groups is 3. The van der Waals surface area contributed by atoms with Crippen molar-refractivity contribution < 1.29 is 28.6 Å². The third kappa shape index (κ3) is 64.3. The molecule has 1 atom stereocenters. The predicted octanol–water partition coefficient (Wildman–Crippen LogP) is 23.6. The van der Waals surface area contributed by atoms with E-state index in [0.29, 0.717) is 19.3 Å². The van der Waals surface area contributed by atoms with Gasteiger partial charge in [0.1, 0.15) is 13.2 Å². The SMILES string of the molecule is CCCCC/C=C\C/C=C\CCCCCCCCCC(=O)OC(COC(=O)CCCCCCCCCCC)COC(=O)CCCCCCCCCCCCCCCCCCCCCCC/C=C\CCCCCCCCCC. The molecule has 0 bridgehead atoms. The number of unbranched alkanes of at least 4 members (excludes halogenated alkanes) is 47. The van der Waals surface area contributed by atoms with Crippen LogP contribution in [0.1, 0.15) is 380 Å². The molecule has 0 fully saturated rings. The zero-order valence-electron chi connectivity index (χ0n) is 52.0. The summed E-state index contributed by atoms with van der Waals surface area (Å²) >= 11 is 0. The topological polar surface area (TPSA) is 78.9 Å². The van der Waals surface area contributed by atoms with Crippen LogP contribution in [0, 0.1) is 0 Å². The van der Waals surface area contributed by atoms with Gasteiger partial charge in [0.2, 0.25) is 0 Å². The van der Waals surface area contributed by atoms with Gasteiger partial charge in [0.15, 0.2) is 6.10 Å². The highest BCUT2D eigenvalue weighted by molar-refractivity contribution is 5.71. The summed E-state index contributed by atoms with van der Waals surface area (Å²) in [7, 11) is 0. The Balaban J connectivity index is 4.02. The van der Waals surface area contributed by atoms with Crippen LogP contribution in [0.5, 0.6) is 0 Å². The van der Waals surface area contributed by atoms with Gasteiger partial charge in [0.05, 0.1) is 0 Å². The van der Waals surface area contributed by atoms with Gasteiger partial charge in [-0.05, 0) is 77.0 Å². The summed E-state index contributed by atoms with van der Waals surface area (Å²) in [5.74, 6) is -0.858. The van der Waals surface area contributed by atoms with E-state index in [2.05, 4.69) is 57.2 Å². The second-order valence-electron chi connectivity index (χ2n) is 23.4. The molecular weight excluding hydrogens is 949 g/mol. The second kappa shape index (κ2) is 66.1. The lowest BCUT2D eigenvalue weighted by atomic mass is 10.0. The van der Waals surface area contributed by atoms with Crippen LogP contribution in [0.4, 0.5) is 0 Å². The Hall–Kier alpha value is -2.37. The minimum Gasteiger partial charge on any atom is -0.462 e. The fraction of sp³-hybridized carbons (Fsp3) is 0.873. The van der Waals surface area contributed by atoms with Crippen molar-refractivity contribution in [3.05, 3.63) is 36.5 Å². The lowest BCUT2D eigenvalue weighted by molar-refractivity contribution is -0.167. The molecule has 0 amide bonds. The van der Waals surface area contributed by atoms with E-state index in [9.17, 15) is 14.4 Å². The number of esters is 3. The zero-order chi connectivity index (χ0) is 55.7. The third-order valence-corrected chi connectivity index (χ3v) is 15.6. The molecule has 452 valence electrons. The van der Waals surface area contributed by atoms with Crippen molar-refractivity contribution in [3.63, 3.8) is 0 Å². The number of hydrogen-bond acceptors (Lipinski definition) is 6. The first kappa shape index (κ1) is 74.6. The van der Waals surface area contributed by atoms with E-state index >= 15 is 0 Å². The number of carbonyl (C=O) groups excluding carboxylic acids is 3. The molecule has 0 N–H and O–H groups in total. The predicted molar refractivity (Wildman–Crippen MR) is 335 cm³/mol. The molecular formula is C71H132O6. The molecule has 0 aliphatic carbocycles. The maximum absolute atomic E-state index is 12.9. The Labute approximate surface area is 480 Å². The summed E-state index contributed by atoms with van der Waals surface area (Å²) < 4.78 is 16.9. The van der Waals surface area contributed by atoms with Crippen molar-refractivity contribution in [2.45, 2.75) is 386 Å². The molecule has 0 spiro atoms. The molecule has 0 aromatic rings. The maximum Gasteiger partial charge on any atom is 0.306 e. The Morgan fingerprint density at radius 3 is 0.753 bits per heavy atom. The monoisotopic (exact) mass is 1080 g/mol. The third-order valence-electron chi connectivity index (χ3n) is 15.6. The van der Waals surface area contributed by atoms with E-state index in [1.54, 1.807) is 0 Å². The van der Waals surface area contributed by atoms with Crippen molar-refractivity contribution in [1.29, 1.82) is 0 Å². The first-order valence-corrected chi connectivity index (χ1v) is 34.5. The van der Waals surface area contributed by atoms with E-state index < -0.39 is 6.10 Å². The van der Waals surface area contributed by atoms with Gasteiger partial charge in [-0.2, -0.15) is 0 Å². The van der Waals surface area contributed by atoms with Crippen LogP contribution in [0.3, 0.4) is 0 Å². The molecule has 77 heavy (non-hydrogen) atoms. The summed E-state index contributed by atoms with van der Waals surface area (Å²) in [5.41, 5.74) is 0. The summed E-state index contributed by atoms with van der Waals surface area (Å²) in [6.07, 6.45) is 82.0. The molecule has 0 heterocycles. The smallest absolute Gasteiger partial charge is 0.306 e. The molecule has 1 unspecified atom stereocenters. The highest BCUT2D eigenvalue weighted by Gasteiger charge is 2.19. The molecule has 6 nitrogen and oxygen atoms in total. The Morgan fingerprint density at radius 2 is 0.468 bits per heavy atom. The van der Waals surface area contributed by atoms with Gasteiger partial charge in [-0.1, -0.05) is 320 Å². The van der Waals surface area contributed by atoms with Gasteiger partial charge >= 0.3 is 17.9 Å². The Morgan fingerprint density at radius 1 is 0.260 bits per heavy atom. The van der Waals surface area contributed by atoms with Crippen molar-refractivity contribution in [2.75, 3.05) is 13.2 Å². The van der Waals surface area contributed by atoms with Crippen molar-refractivity contribution in [2.24, 2.45) is 0 Å². The van der Waals surface area contributed by atoms with Crippen LogP contribution in [0.25, 0.3) is 0 Å². The van der Waals surface area contributed by atoms with Crippen molar-refractivity contribution in [1.82, 2.24) is 0 Å². The molecule has 6 heteroatoms. The average Bonchev–Trinajstić information content (AvgIpc) is 3.43. The van der Waals surface area contributed by atoms with Crippen LogP contribution in [-0.4, -0.2) is 37.2 Å². The highest BCUT2D eigenvalue weighted by atomic mass is 16.6. The van der Waals surface area contributed by atoms with Gasteiger partial charge in [-0.3, -0.25) is 14.4 Å². The van der Waals surface area contributed by atoms with E-state index in [4.69, 9.17) is 14.2 Å². The fourth-order valence-electron chi connectivity index (χ4n) is 10.4. The van der Waals surface area contributed by atoms with Crippen molar-refractivity contribution >= 4 is 17.9 Å². The first-order chi connectivity index (χ1) is 38.0. The number of rotatable bonds is 64. The second-order valence-corrected chi connectivity index (χ2v) is 23.4. The van der Waals surface area contributed by atoms with E-state index in [1.807, 2.05) is 0 Å². The zero-order valence-corrected chi connectivity index (χ0v) is 52.0. The molecule has 0 aliphatic rings. The molecule has 0 aromatic heterocycles. The highest BCUT2D eigenvalue weighted by Crippen LogP contribution is 2.18. The van der Waals surface area contributed by atoms with Crippen LogP contribution in [0.15, 0.2) is 36.5 Å². The largest absolute Gasteiger partial charge is 0.462 e. The molecule has 0 rings (SSSR count). The summed E-state index contributed by atoms with van der Waals surface area (Å²) in [6.45, 7) is 6.64. The number of hydrogen-bond donors (Lipinski definition) is 0. The molecule has 0 radical (unpaired) electrons. The maximum atomic E-state index is 12.9. The lowest BCUT2D eigenvalue weighted by Crippen LogP contribution is -2.30. The Bertz CT molecular complexity index is 1290. The van der Waals surface area contributed by atoms with E-state index in [-0.39, 0.29) is 31.1 Å². The number of allylic oxidation sites excluding steroid dienone is 6. The van der Waals surface area contributed by atoms with Gasteiger partial charge in [0.25, 0.3) is 0 Å². The average molecular weight is 1080 g/mol. The van der Waals surface area contributed by atoms with E-state index in [1.165, 1.54) is 270 Å². The van der Waals surface area contributed by atoms with Gasteiger partial charge < -0.3 is 14.2 Å². The normalized spacial score (nSPS) is 12.2. The first-order valence-electron chi connectivity index (χ1n) is 34.5. The van der Waals surface area contributed by atoms with Crippen molar-refractivity contribution in [3.8, 4) is 0 Å². The minimum absolute atomic E-state index is 0.0703. The van der Waals surface area contributed by atoms with Crippen LogP contribution in [0.2, 0.25) is 0 Å². The summed E-state index contributed by atoms with van der Waals surface area (Å²) in [4.78, 5) is 38.2. The summed E-state index contributed by atoms with van der Waals surface area (Å²) in [5, 5.41) is 0. The van der Waals surface area contributed by atoms with Gasteiger partial charge in [0, 0.05) is 19.3 Å². The quantitative estimate of drug-likeness (QED) is 0.0261. The van der Waals surface area contributed by atoms with Gasteiger partial charge in [-0.25, -0.2) is 0 Å². The standard InChI is InChI=1S/C71H132O6/c1-4-7-10-13-16-19-21-23-25-27-28-29-30-31-32-33-34-35-36-37-38-39-40-41-42-44-45-47-49-52-55-58-61-64-70(73)76-67-68(66-75-69(72)63-60-57-54-51-18-15-12-9-6-3)77-71(74)65-62-59-56-53-50-48-46-43-26-24-22-20-17-14-11-8-5-2/h17,20,24,26-28,68H,4-16,18-19,21-23,25,29-67H2,1-3H3/b20-17-,26-24-,28-27-. The molecule has 0 aromatic carbocycles. The molecule has 0 aliphatic heterocycles. The molecule has 0 saturated heterocycles. The van der Waals surface area contributed by atoms with Crippen LogP contribution < -0.4 is 0 Å². The number of ether oxygens (including phenoxy) is 3. The minimum atomic E-state index is -0.772. The molecule has 0 saturated carbocycles. The van der Waals surface area contributed by atoms with Crippen LogP contribution >= 0.6 is 0 Å². The summed E-state index contributed by atoms with van der Waals surface area (Å²) in [6, 6.07) is 0. The fourth-order valence-corrected chi connectivity index (χ4v) is 10.4. The lowest BCUT2D eigenvalue weighted by Gasteiger charge is -2.18. The van der Waals surface area contributed by atoms with Crippen LogP contribution in [-0.2, 0) is 28.6 Å². The van der Waals surface area contributed by atoms with E-state index in [0.717, 1.165) is 70.6 Å².